The molecule has 0 heterocycles. The molecular formula is C19H32ClN3S. The Kier molecular flexibility index (Phi) is 11.1. The van der Waals surface area contributed by atoms with Crippen LogP contribution in [0.25, 0.3) is 0 Å². The van der Waals surface area contributed by atoms with Crippen molar-refractivity contribution < 1.29 is 0 Å². The highest BCUT2D eigenvalue weighted by atomic mass is 35.5. The van der Waals surface area contributed by atoms with Gasteiger partial charge >= 0.3 is 0 Å². The number of nitrogens with one attached hydrogen (secondary N) is 2. The number of nitrogens with zero attached hydrogens (tertiary/aromatic N) is 1. The molecule has 0 aliphatic heterocycles. The Bertz CT molecular complexity index is 492. The van der Waals surface area contributed by atoms with Gasteiger partial charge in [0.15, 0.2) is 0 Å². The van der Waals surface area contributed by atoms with E-state index in [0.717, 1.165) is 30.9 Å². The Morgan fingerprint density at radius 3 is 2.46 bits per heavy atom. The fourth-order valence-corrected chi connectivity index (χ4v) is 3.05. The second-order valence-electron chi connectivity index (χ2n) is 6.45. The van der Waals surface area contributed by atoms with E-state index in [-0.39, 0.29) is 0 Å². The van der Waals surface area contributed by atoms with Crippen molar-refractivity contribution in [3.63, 3.8) is 0 Å². The topological polar surface area (TPSA) is 27.3 Å². The van der Waals surface area contributed by atoms with Gasteiger partial charge in [-0.25, -0.2) is 0 Å². The third-order valence-corrected chi connectivity index (χ3v) is 4.59. The average Bonchev–Trinajstić information content (AvgIpc) is 2.53. The number of anilines is 1. The molecule has 2 N–H and O–H groups in total. The Labute approximate surface area is 158 Å². The number of hydrogen-bond donors (Lipinski definition) is 2. The largest absolute Gasteiger partial charge is 0.385 e. The molecule has 1 aromatic rings. The van der Waals surface area contributed by atoms with Crippen LogP contribution in [0.2, 0.25) is 5.02 Å². The van der Waals surface area contributed by atoms with Crippen LogP contribution < -0.4 is 10.6 Å². The van der Waals surface area contributed by atoms with Crippen LogP contribution in [0.5, 0.6) is 0 Å². The molecule has 24 heavy (non-hydrogen) atoms. The van der Waals surface area contributed by atoms with Crippen molar-refractivity contribution in [2.75, 3.05) is 39.0 Å². The van der Waals surface area contributed by atoms with E-state index in [4.69, 9.17) is 23.8 Å². The smallest absolute Gasteiger partial charge is 0.108 e. The maximum Gasteiger partial charge on any atom is 0.108 e. The van der Waals surface area contributed by atoms with Crippen LogP contribution in [-0.2, 0) is 0 Å². The lowest BCUT2D eigenvalue weighted by Crippen LogP contribution is -2.30. The lowest BCUT2D eigenvalue weighted by Gasteiger charge is -2.14. The van der Waals surface area contributed by atoms with Gasteiger partial charge in [-0.15, -0.1) is 0 Å². The van der Waals surface area contributed by atoms with Crippen LogP contribution in [0.4, 0.5) is 5.69 Å². The van der Waals surface area contributed by atoms with Gasteiger partial charge in [-0.3, -0.25) is 0 Å². The lowest BCUT2D eigenvalue weighted by molar-refractivity contribution is 0.413. The molecule has 0 bridgehead atoms. The molecule has 3 nitrogen and oxygen atoms in total. The van der Waals surface area contributed by atoms with E-state index >= 15 is 0 Å². The van der Waals surface area contributed by atoms with Gasteiger partial charge in [0.05, 0.1) is 5.02 Å². The number of rotatable bonds is 12. The van der Waals surface area contributed by atoms with Gasteiger partial charge in [-0.1, -0.05) is 62.8 Å². The average molecular weight is 370 g/mol. The van der Waals surface area contributed by atoms with Crippen molar-refractivity contribution in [3.05, 3.63) is 28.8 Å². The zero-order valence-corrected chi connectivity index (χ0v) is 16.9. The highest BCUT2D eigenvalue weighted by molar-refractivity contribution is 7.80. The molecule has 0 amide bonds. The first-order valence-electron chi connectivity index (χ1n) is 9.01. The molecule has 136 valence electrons. The molecule has 0 aliphatic carbocycles. The van der Waals surface area contributed by atoms with E-state index in [1.165, 1.54) is 38.5 Å². The Morgan fingerprint density at radius 1 is 1.08 bits per heavy atom. The number of halogens is 1. The zero-order chi connectivity index (χ0) is 17.8. The summed E-state index contributed by atoms with van der Waals surface area (Å²) in [6.45, 7) is 5.00. The summed E-state index contributed by atoms with van der Waals surface area (Å²) in [4.78, 5) is 2.83. The maximum atomic E-state index is 6.39. The minimum absolute atomic E-state index is 0.699. The molecule has 0 radical (unpaired) electrons. The summed E-state index contributed by atoms with van der Waals surface area (Å²) in [6.07, 6.45) is 7.84. The summed E-state index contributed by atoms with van der Waals surface area (Å²) in [5.41, 5.74) is 1.96. The van der Waals surface area contributed by atoms with E-state index in [0.29, 0.717) is 10.0 Å². The first kappa shape index (κ1) is 21.2. The van der Waals surface area contributed by atoms with Crippen molar-refractivity contribution in [2.45, 2.75) is 45.4 Å². The second-order valence-corrected chi connectivity index (χ2v) is 7.26. The number of likely N-dealkylation sites (N-methyl/N-ethyl adjacent to an activating group) is 1. The number of thiocarbonyl (C=S) groups is 1. The molecule has 0 fully saturated rings. The third-order valence-electron chi connectivity index (χ3n) is 3.92. The second kappa shape index (κ2) is 12.5. The monoisotopic (exact) mass is 369 g/mol. The fraction of sp³-hybridized carbons (Fsp3) is 0.632. The van der Waals surface area contributed by atoms with Crippen molar-refractivity contribution in [1.29, 1.82) is 0 Å². The summed E-state index contributed by atoms with van der Waals surface area (Å²) >= 11 is 11.8. The first-order chi connectivity index (χ1) is 11.5. The van der Waals surface area contributed by atoms with Gasteiger partial charge in [-0.2, -0.15) is 0 Å². The molecule has 0 unspecified atom stereocenters. The predicted octanol–water partition coefficient (Wildman–Crippen LogP) is 4.94. The standard InChI is InChI=1S/C19H32ClN3S/c1-4-5-6-7-8-9-12-21-16-10-11-17(18(20)15-16)19(24)22-13-14-23(2)3/h10-11,15,21H,4-9,12-14H2,1-3H3,(H,22,24). The SMILES string of the molecule is CCCCCCCCNc1ccc(C(=S)NCCN(C)C)c(Cl)c1. The van der Waals surface area contributed by atoms with Crippen molar-refractivity contribution >= 4 is 34.5 Å². The molecule has 0 aliphatic rings. The summed E-state index contributed by atoms with van der Waals surface area (Å²) in [6, 6.07) is 6.02. The van der Waals surface area contributed by atoms with Gasteiger partial charge < -0.3 is 15.5 Å². The molecule has 5 heteroatoms. The predicted molar refractivity (Wildman–Crippen MR) is 112 cm³/mol. The van der Waals surface area contributed by atoms with Crippen molar-refractivity contribution in [1.82, 2.24) is 10.2 Å². The summed E-state index contributed by atoms with van der Waals surface area (Å²) in [5.74, 6) is 0. The van der Waals surface area contributed by atoms with E-state index in [9.17, 15) is 0 Å². The Hall–Kier alpha value is -0.840. The molecule has 0 aromatic heterocycles. The first-order valence-corrected chi connectivity index (χ1v) is 9.79. The van der Waals surface area contributed by atoms with Crippen LogP contribution in [0.15, 0.2) is 18.2 Å². The van der Waals surface area contributed by atoms with Gasteiger partial charge in [-0.05, 0) is 38.7 Å². The fourth-order valence-electron chi connectivity index (χ4n) is 2.44. The summed E-state index contributed by atoms with van der Waals surface area (Å²) in [7, 11) is 4.09. The van der Waals surface area contributed by atoms with Crippen LogP contribution in [0.3, 0.4) is 0 Å². The maximum absolute atomic E-state index is 6.39. The molecule has 0 atom stereocenters. The number of unbranched alkanes of at least 4 members (excludes halogenated alkanes) is 5. The number of hydrogen-bond acceptors (Lipinski definition) is 3. The van der Waals surface area contributed by atoms with Crippen LogP contribution >= 0.6 is 23.8 Å². The van der Waals surface area contributed by atoms with Gasteiger partial charge in [0.25, 0.3) is 0 Å². The minimum atomic E-state index is 0.699. The van der Waals surface area contributed by atoms with Crippen LogP contribution in [0.1, 0.15) is 51.0 Å². The van der Waals surface area contributed by atoms with Gasteiger partial charge in [0.2, 0.25) is 0 Å². The van der Waals surface area contributed by atoms with Crippen molar-refractivity contribution in [2.24, 2.45) is 0 Å². The number of benzene rings is 1. The molecular weight excluding hydrogens is 338 g/mol. The highest BCUT2D eigenvalue weighted by Gasteiger charge is 2.07. The third kappa shape index (κ3) is 8.86. The molecule has 0 saturated carbocycles. The Balaban J connectivity index is 2.34. The zero-order valence-electron chi connectivity index (χ0n) is 15.3. The van der Waals surface area contributed by atoms with Crippen molar-refractivity contribution in [3.8, 4) is 0 Å². The normalized spacial score (nSPS) is 10.9. The van der Waals surface area contributed by atoms with Gasteiger partial charge in [0.1, 0.15) is 4.99 Å². The van der Waals surface area contributed by atoms with E-state index in [2.05, 4.69) is 28.5 Å². The van der Waals surface area contributed by atoms with E-state index in [1.54, 1.807) is 0 Å². The molecule has 1 rings (SSSR count). The lowest BCUT2D eigenvalue weighted by atomic mass is 10.1. The van der Waals surface area contributed by atoms with E-state index < -0.39 is 0 Å². The Morgan fingerprint density at radius 2 is 1.79 bits per heavy atom. The van der Waals surface area contributed by atoms with Crippen LogP contribution in [-0.4, -0.2) is 43.6 Å². The molecule has 0 spiro atoms. The van der Waals surface area contributed by atoms with Gasteiger partial charge in [0, 0.05) is 30.9 Å². The molecule has 1 aromatic carbocycles. The quantitative estimate of drug-likeness (QED) is 0.403. The van der Waals surface area contributed by atoms with E-state index in [1.807, 2.05) is 26.2 Å². The molecule has 0 saturated heterocycles. The summed E-state index contributed by atoms with van der Waals surface area (Å²) in [5, 5.41) is 7.40. The highest BCUT2D eigenvalue weighted by Crippen LogP contribution is 2.21. The summed E-state index contributed by atoms with van der Waals surface area (Å²) < 4.78 is 0. The van der Waals surface area contributed by atoms with Crippen LogP contribution in [0, 0.1) is 0 Å². The minimum Gasteiger partial charge on any atom is -0.385 e.